The maximum Gasteiger partial charge on any atom is 0.225 e. The highest BCUT2D eigenvalue weighted by atomic mass is 16.5. The van der Waals surface area contributed by atoms with E-state index in [1.807, 2.05) is 23.1 Å². The van der Waals surface area contributed by atoms with Crippen LogP contribution in [0.3, 0.4) is 0 Å². The van der Waals surface area contributed by atoms with Crippen molar-refractivity contribution in [2.75, 3.05) is 33.9 Å². The third kappa shape index (κ3) is 4.37. The minimum absolute atomic E-state index is 0.0254. The van der Waals surface area contributed by atoms with Crippen LogP contribution in [0.15, 0.2) is 18.2 Å². The average molecular weight is 374 g/mol. The van der Waals surface area contributed by atoms with Crippen LogP contribution in [0.1, 0.15) is 44.1 Å². The summed E-state index contributed by atoms with van der Waals surface area (Å²) in [6, 6.07) is 5.68. The van der Waals surface area contributed by atoms with Crippen molar-refractivity contribution >= 4 is 11.8 Å². The molecule has 6 nitrogen and oxygen atoms in total. The molecular formula is C21H30N2O4. The van der Waals surface area contributed by atoms with E-state index < -0.39 is 0 Å². The Morgan fingerprint density at radius 1 is 1.19 bits per heavy atom. The zero-order valence-corrected chi connectivity index (χ0v) is 16.5. The molecule has 1 aliphatic heterocycles. The van der Waals surface area contributed by atoms with E-state index in [-0.39, 0.29) is 29.6 Å². The predicted molar refractivity (Wildman–Crippen MR) is 103 cm³/mol. The van der Waals surface area contributed by atoms with Gasteiger partial charge in [-0.15, -0.1) is 0 Å². The van der Waals surface area contributed by atoms with Crippen molar-refractivity contribution < 1.29 is 19.1 Å². The van der Waals surface area contributed by atoms with Gasteiger partial charge in [-0.25, -0.2) is 0 Å². The second-order valence-electron chi connectivity index (χ2n) is 7.48. The number of ether oxygens (including phenoxy) is 2. The molecule has 1 N–H and O–H groups in total. The number of nitrogens with one attached hydrogen (secondary N) is 1. The van der Waals surface area contributed by atoms with E-state index in [0.29, 0.717) is 31.1 Å². The first-order chi connectivity index (χ1) is 13.1. The van der Waals surface area contributed by atoms with Gasteiger partial charge in [-0.1, -0.05) is 19.4 Å². The summed E-state index contributed by atoms with van der Waals surface area (Å²) < 4.78 is 10.9. The number of amides is 2. The van der Waals surface area contributed by atoms with Crippen LogP contribution in [0.5, 0.6) is 11.5 Å². The van der Waals surface area contributed by atoms with E-state index in [1.165, 1.54) is 0 Å². The normalized spacial score (nSPS) is 21.8. The number of methoxy groups -OCH3 is 2. The summed E-state index contributed by atoms with van der Waals surface area (Å²) >= 11 is 0. The number of carbonyl (C=O) groups is 2. The molecule has 2 amide bonds. The van der Waals surface area contributed by atoms with Gasteiger partial charge in [-0.05, 0) is 25.3 Å². The van der Waals surface area contributed by atoms with Gasteiger partial charge in [0.1, 0.15) is 11.5 Å². The molecule has 1 aromatic carbocycles. The first-order valence-corrected chi connectivity index (χ1v) is 9.87. The van der Waals surface area contributed by atoms with Gasteiger partial charge in [0, 0.05) is 43.1 Å². The van der Waals surface area contributed by atoms with Crippen molar-refractivity contribution in [3.8, 4) is 11.5 Å². The van der Waals surface area contributed by atoms with E-state index in [2.05, 4.69) is 12.2 Å². The Morgan fingerprint density at radius 3 is 2.59 bits per heavy atom. The molecule has 148 valence electrons. The van der Waals surface area contributed by atoms with E-state index in [4.69, 9.17) is 9.47 Å². The Labute approximate surface area is 161 Å². The van der Waals surface area contributed by atoms with Crippen LogP contribution in [0.4, 0.5) is 0 Å². The molecular weight excluding hydrogens is 344 g/mol. The lowest BCUT2D eigenvalue weighted by molar-refractivity contribution is -0.132. The number of hydrogen-bond acceptors (Lipinski definition) is 4. The number of hydrogen-bond donors (Lipinski definition) is 1. The second kappa shape index (κ2) is 8.63. The van der Waals surface area contributed by atoms with Crippen LogP contribution in [0.2, 0.25) is 0 Å². The number of benzene rings is 1. The molecule has 2 unspecified atom stereocenters. The van der Waals surface area contributed by atoms with Gasteiger partial charge >= 0.3 is 0 Å². The van der Waals surface area contributed by atoms with Gasteiger partial charge in [-0.3, -0.25) is 9.59 Å². The van der Waals surface area contributed by atoms with E-state index in [9.17, 15) is 9.59 Å². The quantitative estimate of drug-likeness (QED) is 0.710. The largest absolute Gasteiger partial charge is 0.497 e. The van der Waals surface area contributed by atoms with E-state index in [1.54, 1.807) is 14.2 Å². The van der Waals surface area contributed by atoms with Crippen LogP contribution < -0.4 is 14.8 Å². The smallest absolute Gasteiger partial charge is 0.225 e. The minimum atomic E-state index is -0.258. The molecule has 1 heterocycles. The van der Waals surface area contributed by atoms with Gasteiger partial charge in [0.2, 0.25) is 11.8 Å². The van der Waals surface area contributed by atoms with Crippen LogP contribution in [-0.4, -0.2) is 50.6 Å². The van der Waals surface area contributed by atoms with Crippen molar-refractivity contribution in [3.05, 3.63) is 23.8 Å². The molecule has 1 aliphatic carbocycles. The summed E-state index contributed by atoms with van der Waals surface area (Å²) in [7, 11) is 3.24. The van der Waals surface area contributed by atoms with Gasteiger partial charge < -0.3 is 19.7 Å². The molecule has 27 heavy (non-hydrogen) atoms. The van der Waals surface area contributed by atoms with Crippen molar-refractivity contribution in [2.24, 2.45) is 11.8 Å². The first-order valence-electron chi connectivity index (χ1n) is 9.87. The molecule has 1 aromatic rings. The summed E-state index contributed by atoms with van der Waals surface area (Å²) in [5.41, 5.74) is 0.958. The molecule has 0 radical (unpaired) electrons. The number of carbonyl (C=O) groups excluding carboxylic acids is 2. The topological polar surface area (TPSA) is 67.9 Å². The molecule has 0 aromatic heterocycles. The van der Waals surface area contributed by atoms with Gasteiger partial charge in [0.25, 0.3) is 0 Å². The standard InChI is InChI=1S/C21H30N2O4/c1-4-5-10-22-20(24)18-13-23(21(25)14-6-7-14)12-17(18)16-9-8-15(26-2)11-19(16)27-3/h8-9,11,14,17-18H,4-7,10,12-13H2,1-3H3,(H,22,24). The molecule has 0 bridgehead atoms. The zero-order valence-electron chi connectivity index (χ0n) is 16.5. The molecule has 2 atom stereocenters. The molecule has 0 spiro atoms. The molecule has 6 heteroatoms. The number of nitrogens with zero attached hydrogens (tertiary/aromatic N) is 1. The number of likely N-dealkylation sites (tertiary alicyclic amines) is 1. The highest BCUT2D eigenvalue weighted by molar-refractivity contribution is 5.85. The SMILES string of the molecule is CCCCNC(=O)C1CN(C(=O)C2CC2)CC1c1ccc(OC)cc1OC. The van der Waals surface area contributed by atoms with Crippen molar-refractivity contribution in [3.63, 3.8) is 0 Å². The third-order valence-corrected chi connectivity index (χ3v) is 5.56. The second-order valence-corrected chi connectivity index (χ2v) is 7.48. The van der Waals surface area contributed by atoms with Crippen LogP contribution in [-0.2, 0) is 9.59 Å². The van der Waals surface area contributed by atoms with Gasteiger partial charge in [0.15, 0.2) is 0 Å². The fourth-order valence-electron chi connectivity index (χ4n) is 3.80. The minimum Gasteiger partial charge on any atom is -0.497 e. The van der Waals surface area contributed by atoms with E-state index >= 15 is 0 Å². The van der Waals surface area contributed by atoms with Crippen LogP contribution in [0, 0.1) is 11.8 Å². The highest BCUT2D eigenvalue weighted by Gasteiger charge is 2.44. The fourth-order valence-corrected chi connectivity index (χ4v) is 3.80. The summed E-state index contributed by atoms with van der Waals surface area (Å²) in [5, 5.41) is 3.05. The van der Waals surface area contributed by atoms with Crippen LogP contribution in [0.25, 0.3) is 0 Å². The van der Waals surface area contributed by atoms with Crippen LogP contribution >= 0.6 is 0 Å². The Morgan fingerprint density at radius 2 is 1.96 bits per heavy atom. The number of unbranched alkanes of at least 4 members (excludes halogenated alkanes) is 1. The Balaban J connectivity index is 1.84. The number of rotatable bonds is 8. The Bertz CT molecular complexity index is 687. The molecule has 2 aliphatic rings. The molecule has 1 saturated heterocycles. The summed E-state index contributed by atoms with van der Waals surface area (Å²) in [5.74, 6) is 1.45. The Hall–Kier alpha value is -2.24. The zero-order chi connectivity index (χ0) is 19.4. The summed E-state index contributed by atoms with van der Waals surface area (Å²) in [4.78, 5) is 27.3. The van der Waals surface area contributed by atoms with Crippen molar-refractivity contribution in [1.82, 2.24) is 10.2 Å². The van der Waals surface area contributed by atoms with Gasteiger partial charge in [0.05, 0.1) is 20.1 Å². The van der Waals surface area contributed by atoms with E-state index in [0.717, 1.165) is 31.2 Å². The molecule has 3 rings (SSSR count). The monoisotopic (exact) mass is 374 g/mol. The first kappa shape index (κ1) is 19.5. The fraction of sp³-hybridized carbons (Fsp3) is 0.619. The third-order valence-electron chi connectivity index (χ3n) is 5.56. The lowest BCUT2D eigenvalue weighted by atomic mass is 9.87. The molecule has 1 saturated carbocycles. The van der Waals surface area contributed by atoms with Crippen molar-refractivity contribution in [2.45, 2.75) is 38.5 Å². The average Bonchev–Trinajstić information content (AvgIpc) is 3.45. The maximum absolute atomic E-state index is 12.9. The highest BCUT2D eigenvalue weighted by Crippen LogP contribution is 2.41. The van der Waals surface area contributed by atoms with Gasteiger partial charge in [-0.2, -0.15) is 0 Å². The Kier molecular flexibility index (Phi) is 6.24. The molecule has 2 fully saturated rings. The predicted octanol–water partition coefficient (Wildman–Crippen LogP) is 2.57. The summed E-state index contributed by atoms with van der Waals surface area (Å²) in [6.45, 7) is 3.81. The van der Waals surface area contributed by atoms with Crippen molar-refractivity contribution in [1.29, 1.82) is 0 Å². The summed E-state index contributed by atoms with van der Waals surface area (Å²) in [6.07, 6.45) is 3.94. The lowest BCUT2D eigenvalue weighted by Gasteiger charge is -2.21. The lowest BCUT2D eigenvalue weighted by Crippen LogP contribution is -2.36. The maximum atomic E-state index is 12.9.